The Kier molecular flexibility index (Phi) is 5.78. The molecule has 1 N–H and O–H groups in total. The van der Waals surface area contributed by atoms with E-state index in [0.29, 0.717) is 6.61 Å². The number of rotatable bonds is 6. The molecular formula is C14H19NO2S. The summed E-state index contributed by atoms with van der Waals surface area (Å²) in [6, 6.07) is 7.34. The lowest BCUT2D eigenvalue weighted by Gasteiger charge is -2.10. The minimum atomic E-state index is -0.0515. The molecule has 0 radical (unpaired) electrons. The average molecular weight is 265 g/mol. The zero-order valence-corrected chi connectivity index (χ0v) is 11.8. The molecule has 0 aliphatic rings. The molecule has 0 saturated carbocycles. The van der Waals surface area contributed by atoms with Crippen LogP contribution in [0.3, 0.4) is 0 Å². The van der Waals surface area contributed by atoms with Gasteiger partial charge in [0.25, 0.3) is 0 Å². The van der Waals surface area contributed by atoms with Crippen molar-refractivity contribution in [2.24, 2.45) is 0 Å². The zero-order valence-electron chi connectivity index (χ0n) is 11.0. The van der Waals surface area contributed by atoms with Crippen molar-refractivity contribution < 1.29 is 9.53 Å². The lowest BCUT2D eigenvalue weighted by molar-refractivity contribution is -0.115. The van der Waals surface area contributed by atoms with Crippen LogP contribution in [0.5, 0.6) is 5.75 Å². The van der Waals surface area contributed by atoms with E-state index in [2.05, 4.69) is 11.9 Å². The summed E-state index contributed by atoms with van der Waals surface area (Å²) in [5.41, 5.74) is 1.75. The second kappa shape index (κ2) is 7.11. The fraction of sp³-hybridized carbons (Fsp3) is 0.357. The largest absolute Gasteiger partial charge is 0.489 e. The molecule has 1 aromatic carbocycles. The highest BCUT2D eigenvalue weighted by Crippen LogP contribution is 2.17. The molecule has 4 heteroatoms. The molecule has 18 heavy (non-hydrogen) atoms. The standard InChI is InChI=1S/C14H19NO2S/c1-10(2)9-17-13-7-5-12(6-8-13)15-14(16)11(3)18-4/h5-8,11H,1,9H2,2-4H3,(H,15,16). The predicted molar refractivity (Wildman–Crippen MR) is 78.4 cm³/mol. The fourth-order valence-corrected chi connectivity index (χ4v) is 1.46. The molecule has 1 unspecified atom stereocenters. The third-order valence-electron chi connectivity index (χ3n) is 2.33. The number of carbonyl (C=O) groups excluding carboxylic acids is 1. The van der Waals surface area contributed by atoms with Gasteiger partial charge in [0.2, 0.25) is 5.91 Å². The van der Waals surface area contributed by atoms with Crippen LogP contribution in [0, 0.1) is 0 Å². The predicted octanol–water partition coefficient (Wildman–Crippen LogP) is 3.33. The number of anilines is 1. The van der Waals surface area contributed by atoms with Gasteiger partial charge in [0.1, 0.15) is 12.4 Å². The summed E-state index contributed by atoms with van der Waals surface area (Å²) in [6.07, 6.45) is 1.92. The number of thioether (sulfide) groups is 1. The molecule has 0 aliphatic carbocycles. The van der Waals surface area contributed by atoms with Crippen LogP contribution in [0.1, 0.15) is 13.8 Å². The molecule has 0 heterocycles. The van der Waals surface area contributed by atoms with Crippen molar-refractivity contribution in [2.45, 2.75) is 19.1 Å². The first-order valence-corrected chi connectivity index (χ1v) is 7.02. The van der Waals surface area contributed by atoms with Gasteiger partial charge in [0.15, 0.2) is 0 Å². The Morgan fingerprint density at radius 3 is 2.56 bits per heavy atom. The molecule has 0 spiro atoms. The summed E-state index contributed by atoms with van der Waals surface area (Å²) in [5, 5.41) is 2.80. The second-order valence-electron chi connectivity index (χ2n) is 4.14. The van der Waals surface area contributed by atoms with Crippen molar-refractivity contribution in [1.82, 2.24) is 0 Å². The molecule has 3 nitrogen and oxygen atoms in total. The van der Waals surface area contributed by atoms with Crippen LogP contribution in [0.15, 0.2) is 36.4 Å². The molecule has 0 aliphatic heterocycles. The number of ether oxygens (including phenoxy) is 1. The van der Waals surface area contributed by atoms with Crippen LogP contribution >= 0.6 is 11.8 Å². The van der Waals surface area contributed by atoms with Gasteiger partial charge in [-0.15, -0.1) is 0 Å². The molecule has 0 fully saturated rings. The summed E-state index contributed by atoms with van der Waals surface area (Å²) < 4.78 is 5.48. The Morgan fingerprint density at radius 1 is 1.44 bits per heavy atom. The van der Waals surface area contributed by atoms with Gasteiger partial charge in [-0.05, 0) is 49.9 Å². The van der Waals surface area contributed by atoms with Crippen LogP contribution in [0.2, 0.25) is 0 Å². The van der Waals surface area contributed by atoms with E-state index in [1.807, 2.05) is 44.4 Å². The van der Waals surface area contributed by atoms with E-state index < -0.39 is 0 Å². The van der Waals surface area contributed by atoms with Crippen molar-refractivity contribution in [3.63, 3.8) is 0 Å². The van der Waals surface area contributed by atoms with Gasteiger partial charge in [-0.25, -0.2) is 0 Å². The Bertz CT molecular complexity index is 414. The molecule has 1 aromatic rings. The molecular weight excluding hydrogens is 246 g/mol. The first kappa shape index (κ1) is 14.6. The first-order valence-electron chi connectivity index (χ1n) is 5.74. The summed E-state index contributed by atoms with van der Waals surface area (Å²) in [7, 11) is 0. The molecule has 1 rings (SSSR count). The normalized spacial score (nSPS) is 11.7. The molecule has 0 aromatic heterocycles. The maximum Gasteiger partial charge on any atom is 0.237 e. The number of nitrogens with one attached hydrogen (secondary N) is 1. The minimum Gasteiger partial charge on any atom is -0.489 e. The van der Waals surface area contributed by atoms with E-state index in [1.165, 1.54) is 11.8 Å². The quantitative estimate of drug-likeness (QED) is 0.802. The Balaban J connectivity index is 2.55. The van der Waals surface area contributed by atoms with E-state index >= 15 is 0 Å². The van der Waals surface area contributed by atoms with Crippen molar-refractivity contribution >= 4 is 23.4 Å². The summed E-state index contributed by atoms with van der Waals surface area (Å²) in [4.78, 5) is 11.7. The molecule has 0 saturated heterocycles. The van der Waals surface area contributed by atoms with Crippen LogP contribution in [0.25, 0.3) is 0 Å². The van der Waals surface area contributed by atoms with Crippen LogP contribution < -0.4 is 10.1 Å². The van der Waals surface area contributed by atoms with Crippen molar-refractivity contribution in [3.8, 4) is 5.75 Å². The van der Waals surface area contributed by atoms with E-state index in [1.54, 1.807) is 0 Å². The van der Waals surface area contributed by atoms with E-state index in [4.69, 9.17) is 4.74 Å². The number of hydrogen-bond donors (Lipinski definition) is 1. The van der Waals surface area contributed by atoms with E-state index in [-0.39, 0.29) is 11.2 Å². The Labute approximate surface area is 113 Å². The van der Waals surface area contributed by atoms with Crippen LogP contribution in [0.4, 0.5) is 5.69 Å². The van der Waals surface area contributed by atoms with Gasteiger partial charge in [-0.3, -0.25) is 4.79 Å². The Hall–Kier alpha value is -1.42. The van der Waals surface area contributed by atoms with Crippen LogP contribution in [-0.4, -0.2) is 24.0 Å². The molecule has 0 bridgehead atoms. The highest BCUT2D eigenvalue weighted by atomic mass is 32.2. The third-order valence-corrected chi connectivity index (χ3v) is 3.25. The lowest BCUT2D eigenvalue weighted by Crippen LogP contribution is -2.21. The van der Waals surface area contributed by atoms with Gasteiger partial charge in [0, 0.05) is 5.69 Å². The highest BCUT2D eigenvalue weighted by Gasteiger charge is 2.10. The zero-order chi connectivity index (χ0) is 13.5. The topological polar surface area (TPSA) is 38.3 Å². The molecule has 98 valence electrons. The van der Waals surface area contributed by atoms with Gasteiger partial charge in [-0.1, -0.05) is 6.58 Å². The Morgan fingerprint density at radius 2 is 2.06 bits per heavy atom. The van der Waals surface area contributed by atoms with Gasteiger partial charge >= 0.3 is 0 Å². The highest BCUT2D eigenvalue weighted by molar-refractivity contribution is 7.99. The summed E-state index contributed by atoms with van der Waals surface area (Å²) >= 11 is 1.52. The van der Waals surface area contributed by atoms with E-state index in [0.717, 1.165) is 17.0 Å². The average Bonchev–Trinajstić information content (AvgIpc) is 2.36. The maximum absolute atomic E-state index is 11.7. The van der Waals surface area contributed by atoms with Crippen LogP contribution in [-0.2, 0) is 4.79 Å². The minimum absolute atomic E-state index is 0.0121. The monoisotopic (exact) mass is 265 g/mol. The SMILES string of the molecule is C=C(C)COc1ccc(NC(=O)C(C)SC)cc1. The van der Waals surface area contributed by atoms with Crippen molar-refractivity contribution in [1.29, 1.82) is 0 Å². The number of amides is 1. The fourth-order valence-electron chi connectivity index (χ4n) is 1.19. The van der Waals surface area contributed by atoms with Crippen molar-refractivity contribution in [3.05, 3.63) is 36.4 Å². The van der Waals surface area contributed by atoms with E-state index in [9.17, 15) is 4.79 Å². The smallest absolute Gasteiger partial charge is 0.237 e. The van der Waals surface area contributed by atoms with Gasteiger partial charge in [-0.2, -0.15) is 11.8 Å². The number of hydrogen-bond acceptors (Lipinski definition) is 3. The summed E-state index contributed by atoms with van der Waals surface area (Å²) in [6.45, 7) is 8.08. The molecule has 1 atom stereocenters. The maximum atomic E-state index is 11.7. The van der Waals surface area contributed by atoms with Crippen molar-refractivity contribution in [2.75, 3.05) is 18.2 Å². The van der Waals surface area contributed by atoms with Gasteiger partial charge in [0.05, 0.1) is 5.25 Å². The lowest BCUT2D eigenvalue weighted by atomic mass is 10.3. The second-order valence-corrected chi connectivity index (χ2v) is 5.32. The number of benzene rings is 1. The third kappa shape index (κ3) is 4.84. The molecule has 1 amide bonds. The number of carbonyl (C=O) groups is 1. The first-order chi connectivity index (χ1) is 8.52. The van der Waals surface area contributed by atoms with Gasteiger partial charge < -0.3 is 10.1 Å². The summed E-state index contributed by atoms with van der Waals surface area (Å²) in [5.74, 6) is 0.784.